The van der Waals surface area contributed by atoms with Crippen LogP contribution < -0.4 is 5.32 Å². The van der Waals surface area contributed by atoms with Crippen LogP contribution in [-0.2, 0) is 16.6 Å². The first kappa shape index (κ1) is 18.7. The Morgan fingerprint density at radius 2 is 1.80 bits per heavy atom. The number of benzene rings is 2. The Morgan fingerprint density at radius 3 is 2.48 bits per heavy atom. The van der Waals surface area contributed by atoms with Crippen molar-refractivity contribution in [1.82, 2.24) is 5.32 Å². The summed E-state index contributed by atoms with van der Waals surface area (Å²) >= 11 is 0. The van der Waals surface area contributed by atoms with E-state index in [1.807, 2.05) is 6.07 Å². The lowest BCUT2D eigenvalue weighted by Gasteiger charge is -2.26. The predicted octanol–water partition coefficient (Wildman–Crippen LogP) is 3.72. The first-order valence-corrected chi connectivity index (χ1v) is 8.44. The minimum atomic E-state index is -0.961. The molecule has 4 nitrogen and oxygen atoms in total. The topological polar surface area (TPSA) is 66.4 Å². The van der Waals surface area contributed by atoms with Crippen LogP contribution in [0.25, 0.3) is 0 Å². The standard InChI is InChI=1S/C21H25NO3/c1-15-7-6-9-17(13-15)21(2,3)14-22-19(23)12-11-16-8-4-5-10-18(16)20(24)25/h4-10,13H,11-12,14H2,1-3H3,(H,22,23)(H,24,25). The van der Waals surface area contributed by atoms with Gasteiger partial charge in [0.05, 0.1) is 5.56 Å². The number of hydrogen-bond acceptors (Lipinski definition) is 2. The van der Waals surface area contributed by atoms with Gasteiger partial charge in [0.25, 0.3) is 0 Å². The van der Waals surface area contributed by atoms with Crippen LogP contribution in [0.3, 0.4) is 0 Å². The highest BCUT2D eigenvalue weighted by atomic mass is 16.4. The molecule has 1 amide bonds. The average Bonchev–Trinajstić information content (AvgIpc) is 2.58. The zero-order valence-electron chi connectivity index (χ0n) is 15.0. The summed E-state index contributed by atoms with van der Waals surface area (Å²) in [6.45, 7) is 6.79. The summed E-state index contributed by atoms with van der Waals surface area (Å²) in [4.78, 5) is 23.4. The second kappa shape index (κ2) is 7.97. The molecule has 0 aliphatic heterocycles. The van der Waals surface area contributed by atoms with E-state index < -0.39 is 5.97 Å². The number of rotatable bonds is 7. The molecule has 132 valence electrons. The van der Waals surface area contributed by atoms with E-state index in [-0.39, 0.29) is 23.3 Å². The summed E-state index contributed by atoms with van der Waals surface area (Å²) in [7, 11) is 0. The summed E-state index contributed by atoms with van der Waals surface area (Å²) in [6.07, 6.45) is 0.688. The molecule has 2 aromatic carbocycles. The molecular weight excluding hydrogens is 314 g/mol. The minimum Gasteiger partial charge on any atom is -0.478 e. The van der Waals surface area contributed by atoms with E-state index in [0.29, 0.717) is 18.5 Å². The second-order valence-corrected chi connectivity index (χ2v) is 6.99. The van der Waals surface area contributed by atoms with Crippen LogP contribution in [0.2, 0.25) is 0 Å². The Morgan fingerprint density at radius 1 is 1.08 bits per heavy atom. The number of aromatic carboxylic acids is 1. The fourth-order valence-corrected chi connectivity index (χ4v) is 2.77. The van der Waals surface area contributed by atoms with E-state index in [9.17, 15) is 14.7 Å². The molecule has 0 heterocycles. The average molecular weight is 339 g/mol. The van der Waals surface area contributed by atoms with Crippen molar-refractivity contribution in [3.8, 4) is 0 Å². The van der Waals surface area contributed by atoms with Gasteiger partial charge in [-0.05, 0) is 30.5 Å². The van der Waals surface area contributed by atoms with Crippen molar-refractivity contribution in [2.45, 2.75) is 39.0 Å². The summed E-state index contributed by atoms with van der Waals surface area (Å²) in [5, 5.41) is 12.2. The van der Waals surface area contributed by atoms with Gasteiger partial charge in [0.1, 0.15) is 0 Å². The Hall–Kier alpha value is -2.62. The van der Waals surface area contributed by atoms with Gasteiger partial charge < -0.3 is 10.4 Å². The molecule has 0 unspecified atom stereocenters. The van der Waals surface area contributed by atoms with Crippen molar-refractivity contribution in [3.63, 3.8) is 0 Å². The summed E-state index contributed by atoms with van der Waals surface area (Å²) in [5.41, 5.74) is 3.16. The largest absolute Gasteiger partial charge is 0.478 e. The smallest absolute Gasteiger partial charge is 0.335 e. The number of carbonyl (C=O) groups excluding carboxylic acids is 1. The monoisotopic (exact) mass is 339 g/mol. The van der Waals surface area contributed by atoms with Crippen LogP contribution in [-0.4, -0.2) is 23.5 Å². The molecule has 0 bridgehead atoms. The lowest BCUT2D eigenvalue weighted by molar-refractivity contribution is -0.121. The van der Waals surface area contributed by atoms with Gasteiger partial charge in [-0.2, -0.15) is 0 Å². The highest BCUT2D eigenvalue weighted by molar-refractivity contribution is 5.89. The zero-order valence-corrected chi connectivity index (χ0v) is 15.0. The maximum Gasteiger partial charge on any atom is 0.335 e. The molecule has 0 spiro atoms. The van der Waals surface area contributed by atoms with E-state index in [4.69, 9.17) is 0 Å². The van der Waals surface area contributed by atoms with E-state index in [0.717, 1.165) is 0 Å². The molecule has 0 saturated heterocycles. The lowest BCUT2D eigenvalue weighted by atomic mass is 9.84. The molecule has 2 rings (SSSR count). The molecule has 0 atom stereocenters. The molecule has 0 radical (unpaired) electrons. The van der Waals surface area contributed by atoms with Crippen LogP contribution in [0.4, 0.5) is 0 Å². The molecule has 2 aromatic rings. The van der Waals surface area contributed by atoms with Gasteiger partial charge in [0.15, 0.2) is 0 Å². The number of amides is 1. The number of nitrogens with one attached hydrogen (secondary N) is 1. The van der Waals surface area contributed by atoms with E-state index in [2.05, 4.69) is 44.3 Å². The summed E-state index contributed by atoms with van der Waals surface area (Å²) < 4.78 is 0. The Bertz CT molecular complexity index is 765. The van der Waals surface area contributed by atoms with Crippen LogP contribution in [0.1, 0.15) is 47.3 Å². The zero-order chi connectivity index (χ0) is 18.4. The first-order chi connectivity index (χ1) is 11.8. The van der Waals surface area contributed by atoms with Crippen molar-refractivity contribution in [2.75, 3.05) is 6.54 Å². The van der Waals surface area contributed by atoms with Gasteiger partial charge in [0.2, 0.25) is 5.91 Å². The SMILES string of the molecule is Cc1cccc(C(C)(C)CNC(=O)CCc2ccccc2C(=O)O)c1. The first-order valence-electron chi connectivity index (χ1n) is 8.44. The van der Waals surface area contributed by atoms with Gasteiger partial charge in [0, 0.05) is 18.4 Å². The van der Waals surface area contributed by atoms with Gasteiger partial charge >= 0.3 is 5.97 Å². The Labute approximate surface area is 148 Å². The number of carboxylic acids is 1. The Balaban J connectivity index is 1.92. The molecular formula is C21H25NO3. The minimum absolute atomic E-state index is 0.0686. The number of carboxylic acid groups (broad SMARTS) is 1. The molecule has 25 heavy (non-hydrogen) atoms. The molecule has 0 fully saturated rings. The van der Waals surface area contributed by atoms with Crippen molar-refractivity contribution < 1.29 is 14.7 Å². The van der Waals surface area contributed by atoms with Crippen LogP contribution in [0, 0.1) is 6.92 Å². The lowest BCUT2D eigenvalue weighted by Crippen LogP contribution is -2.36. The third kappa shape index (κ3) is 5.18. The second-order valence-electron chi connectivity index (χ2n) is 6.99. The number of aryl methyl sites for hydroxylation is 2. The molecule has 0 aromatic heterocycles. The molecule has 4 heteroatoms. The highest BCUT2D eigenvalue weighted by Crippen LogP contribution is 2.23. The van der Waals surface area contributed by atoms with Crippen molar-refractivity contribution >= 4 is 11.9 Å². The maximum atomic E-state index is 12.2. The van der Waals surface area contributed by atoms with Crippen molar-refractivity contribution in [3.05, 3.63) is 70.8 Å². The van der Waals surface area contributed by atoms with Crippen molar-refractivity contribution in [1.29, 1.82) is 0 Å². The van der Waals surface area contributed by atoms with Crippen molar-refractivity contribution in [2.24, 2.45) is 0 Å². The quantitative estimate of drug-likeness (QED) is 0.808. The van der Waals surface area contributed by atoms with Crippen LogP contribution in [0.15, 0.2) is 48.5 Å². The normalized spacial score (nSPS) is 11.2. The number of hydrogen-bond donors (Lipinski definition) is 2. The van der Waals surface area contributed by atoms with Gasteiger partial charge in [-0.15, -0.1) is 0 Å². The fraction of sp³-hybridized carbons (Fsp3) is 0.333. The molecule has 0 aliphatic carbocycles. The third-order valence-corrected chi connectivity index (χ3v) is 4.40. The molecule has 2 N–H and O–H groups in total. The maximum absolute atomic E-state index is 12.2. The van der Waals surface area contributed by atoms with E-state index in [1.54, 1.807) is 24.3 Å². The van der Waals surface area contributed by atoms with E-state index in [1.165, 1.54) is 11.1 Å². The number of carbonyl (C=O) groups is 2. The molecule has 0 saturated carbocycles. The van der Waals surface area contributed by atoms with Crippen LogP contribution >= 0.6 is 0 Å². The summed E-state index contributed by atoms with van der Waals surface area (Å²) in [6, 6.07) is 15.1. The van der Waals surface area contributed by atoms with Gasteiger partial charge in [-0.25, -0.2) is 4.79 Å². The predicted molar refractivity (Wildman–Crippen MR) is 98.9 cm³/mol. The van der Waals surface area contributed by atoms with Crippen LogP contribution in [0.5, 0.6) is 0 Å². The molecule has 0 aliphatic rings. The van der Waals surface area contributed by atoms with Gasteiger partial charge in [-0.1, -0.05) is 61.9 Å². The fourth-order valence-electron chi connectivity index (χ4n) is 2.77. The highest BCUT2D eigenvalue weighted by Gasteiger charge is 2.21. The van der Waals surface area contributed by atoms with E-state index >= 15 is 0 Å². The third-order valence-electron chi connectivity index (χ3n) is 4.40. The summed E-state index contributed by atoms with van der Waals surface area (Å²) in [5.74, 6) is -1.03. The Kier molecular flexibility index (Phi) is 5.97. The van der Waals surface area contributed by atoms with Gasteiger partial charge in [-0.3, -0.25) is 4.79 Å².